The van der Waals surface area contributed by atoms with E-state index in [1.54, 1.807) is 47.1 Å². The first-order valence-corrected chi connectivity index (χ1v) is 12.9. The third-order valence-electron chi connectivity index (χ3n) is 6.68. The van der Waals surface area contributed by atoms with Gasteiger partial charge in [0.15, 0.2) is 0 Å². The minimum atomic E-state index is -0.530. The van der Waals surface area contributed by atoms with Crippen LogP contribution >= 0.6 is 0 Å². The molecule has 40 heavy (non-hydrogen) atoms. The predicted octanol–water partition coefficient (Wildman–Crippen LogP) is 7.07. The van der Waals surface area contributed by atoms with Crippen LogP contribution in [0.1, 0.15) is 23.6 Å². The number of aryl methyl sites for hydroxylation is 1. The summed E-state index contributed by atoms with van der Waals surface area (Å²) in [4.78, 5) is 24.9. The molecule has 0 bridgehead atoms. The van der Waals surface area contributed by atoms with Gasteiger partial charge in [0.1, 0.15) is 11.5 Å². The highest BCUT2D eigenvalue weighted by atomic mass is 19.1. The van der Waals surface area contributed by atoms with Gasteiger partial charge in [-0.25, -0.2) is 4.39 Å². The number of rotatable bonds is 7. The second-order valence-corrected chi connectivity index (χ2v) is 9.52. The van der Waals surface area contributed by atoms with Gasteiger partial charge in [0.2, 0.25) is 11.8 Å². The molecular formula is C33H28FN3O3. The predicted molar refractivity (Wildman–Crippen MR) is 154 cm³/mol. The Balaban J connectivity index is 1.61. The van der Waals surface area contributed by atoms with Crippen molar-refractivity contribution in [3.05, 3.63) is 120 Å². The molecule has 0 aliphatic carbocycles. The third-order valence-corrected chi connectivity index (χ3v) is 6.68. The Kier molecular flexibility index (Phi) is 7.55. The number of halogens is 1. The Morgan fingerprint density at radius 3 is 2.27 bits per heavy atom. The van der Waals surface area contributed by atoms with E-state index in [-0.39, 0.29) is 23.8 Å². The minimum absolute atomic E-state index is 0.144. The number of carbonyl (C=O) groups is 2. The van der Waals surface area contributed by atoms with E-state index in [2.05, 4.69) is 5.32 Å². The van der Waals surface area contributed by atoms with Crippen LogP contribution in [0.4, 0.5) is 10.1 Å². The first-order valence-electron chi connectivity index (χ1n) is 12.9. The minimum Gasteiger partial charge on any atom is -0.407 e. The summed E-state index contributed by atoms with van der Waals surface area (Å²) in [6.07, 6.45) is 0.249. The smallest absolute Gasteiger partial charge is 0.309 e. The van der Waals surface area contributed by atoms with Crippen LogP contribution in [0.15, 0.2) is 97.1 Å². The van der Waals surface area contributed by atoms with Crippen molar-refractivity contribution >= 4 is 17.6 Å². The molecule has 5 aromatic rings. The Bertz CT molecular complexity index is 1690. The normalized spacial score (nSPS) is 10.8. The SMILES string of the molecule is CC(=O)Oc1c(-c2ccc(NC(=O)Cc3ccccc3)cc2)c(-c2ccccc2F)nn1-c1cccc(C)c1C. The summed E-state index contributed by atoms with van der Waals surface area (Å²) in [6.45, 7) is 5.26. The number of anilines is 1. The molecule has 0 radical (unpaired) electrons. The molecule has 200 valence electrons. The summed E-state index contributed by atoms with van der Waals surface area (Å²) in [5.74, 6) is -0.944. The number of carbonyl (C=O) groups excluding carboxylic acids is 2. The summed E-state index contributed by atoms with van der Waals surface area (Å²) in [5, 5.41) is 7.70. The van der Waals surface area contributed by atoms with Crippen molar-refractivity contribution in [3.63, 3.8) is 0 Å². The number of ether oxygens (including phenoxy) is 1. The largest absolute Gasteiger partial charge is 0.407 e. The molecule has 1 N–H and O–H groups in total. The molecule has 1 aromatic heterocycles. The first-order chi connectivity index (χ1) is 19.3. The van der Waals surface area contributed by atoms with E-state index in [1.165, 1.54) is 13.0 Å². The van der Waals surface area contributed by atoms with Crippen molar-refractivity contribution in [3.8, 4) is 34.0 Å². The average Bonchev–Trinajstić information content (AvgIpc) is 3.29. The quantitative estimate of drug-likeness (QED) is 0.227. The van der Waals surface area contributed by atoms with Gasteiger partial charge in [-0.15, -0.1) is 0 Å². The average molecular weight is 534 g/mol. The van der Waals surface area contributed by atoms with Crippen LogP contribution in [0, 0.1) is 19.7 Å². The highest BCUT2D eigenvalue weighted by molar-refractivity contribution is 5.93. The molecule has 5 rings (SSSR count). The molecule has 7 heteroatoms. The number of hydrogen-bond acceptors (Lipinski definition) is 4. The molecule has 0 saturated carbocycles. The lowest BCUT2D eigenvalue weighted by Gasteiger charge is -2.13. The topological polar surface area (TPSA) is 73.2 Å². The molecular weight excluding hydrogens is 505 g/mol. The molecule has 0 saturated heterocycles. The number of benzene rings is 4. The number of aromatic nitrogens is 2. The van der Waals surface area contributed by atoms with Gasteiger partial charge in [-0.05, 0) is 66.4 Å². The molecule has 0 fully saturated rings. The van der Waals surface area contributed by atoms with Gasteiger partial charge in [-0.1, -0.05) is 66.7 Å². The lowest BCUT2D eigenvalue weighted by Crippen LogP contribution is -2.14. The fourth-order valence-electron chi connectivity index (χ4n) is 4.57. The standard InChI is InChI=1S/C33H28FN3O3/c1-21-10-9-15-29(22(21)2)37-33(40-23(3)38)31(32(36-37)27-13-7-8-14-28(27)34)25-16-18-26(19-17-25)35-30(39)20-24-11-5-4-6-12-24/h4-19H,20H2,1-3H3,(H,35,39). The Morgan fingerprint density at radius 1 is 0.875 bits per heavy atom. The highest BCUT2D eigenvalue weighted by Crippen LogP contribution is 2.42. The zero-order valence-electron chi connectivity index (χ0n) is 22.4. The van der Waals surface area contributed by atoms with Crippen LogP contribution in [0.25, 0.3) is 28.1 Å². The van der Waals surface area contributed by atoms with Gasteiger partial charge in [0.25, 0.3) is 0 Å². The summed E-state index contributed by atoms with van der Waals surface area (Å²) in [6, 6.07) is 28.7. The third kappa shape index (κ3) is 5.54. The number of hydrogen-bond donors (Lipinski definition) is 1. The zero-order chi connectivity index (χ0) is 28.2. The Morgan fingerprint density at radius 2 is 1.57 bits per heavy atom. The van der Waals surface area contributed by atoms with Crippen LogP contribution in [0.2, 0.25) is 0 Å². The number of amides is 1. The maximum atomic E-state index is 15.1. The molecule has 0 unspecified atom stereocenters. The fourth-order valence-corrected chi connectivity index (χ4v) is 4.57. The lowest BCUT2D eigenvalue weighted by atomic mass is 10.0. The Labute approximate surface area is 232 Å². The van der Waals surface area contributed by atoms with Crippen molar-refractivity contribution in [1.29, 1.82) is 0 Å². The first kappa shape index (κ1) is 26.6. The van der Waals surface area contributed by atoms with Crippen LogP contribution in [-0.4, -0.2) is 21.7 Å². The maximum Gasteiger partial charge on any atom is 0.309 e. The van der Waals surface area contributed by atoms with E-state index in [0.29, 0.717) is 28.2 Å². The van der Waals surface area contributed by atoms with Crippen molar-refractivity contribution in [2.24, 2.45) is 0 Å². The van der Waals surface area contributed by atoms with E-state index >= 15 is 4.39 Å². The van der Waals surface area contributed by atoms with Gasteiger partial charge < -0.3 is 10.1 Å². The zero-order valence-corrected chi connectivity index (χ0v) is 22.4. The van der Waals surface area contributed by atoms with Gasteiger partial charge in [0, 0.05) is 18.2 Å². The second-order valence-electron chi connectivity index (χ2n) is 9.52. The van der Waals surface area contributed by atoms with Crippen molar-refractivity contribution in [2.45, 2.75) is 27.2 Å². The van der Waals surface area contributed by atoms with E-state index < -0.39 is 11.8 Å². The van der Waals surface area contributed by atoms with E-state index in [1.807, 2.05) is 62.4 Å². The van der Waals surface area contributed by atoms with Gasteiger partial charge >= 0.3 is 5.97 Å². The summed E-state index contributed by atoms with van der Waals surface area (Å²) >= 11 is 0. The molecule has 1 amide bonds. The van der Waals surface area contributed by atoms with Crippen LogP contribution in [0.3, 0.4) is 0 Å². The molecule has 0 atom stereocenters. The lowest BCUT2D eigenvalue weighted by molar-refractivity contribution is -0.132. The number of nitrogens with one attached hydrogen (secondary N) is 1. The van der Waals surface area contributed by atoms with Gasteiger partial charge in [-0.3, -0.25) is 9.59 Å². The molecule has 1 heterocycles. The maximum absolute atomic E-state index is 15.1. The summed E-state index contributed by atoms with van der Waals surface area (Å²) < 4.78 is 22.4. The van der Waals surface area contributed by atoms with Crippen LogP contribution in [-0.2, 0) is 16.0 Å². The van der Waals surface area contributed by atoms with E-state index in [4.69, 9.17) is 9.84 Å². The van der Waals surface area contributed by atoms with Gasteiger partial charge in [-0.2, -0.15) is 9.78 Å². The van der Waals surface area contributed by atoms with E-state index in [0.717, 1.165) is 16.7 Å². The number of esters is 1. The monoisotopic (exact) mass is 533 g/mol. The van der Waals surface area contributed by atoms with Crippen molar-refractivity contribution in [1.82, 2.24) is 9.78 Å². The molecule has 0 aliphatic heterocycles. The van der Waals surface area contributed by atoms with Crippen molar-refractivity contribution in [2.75, 3.05) is 5.32 Å². The fraction of sp³-hybridized carbons (Fsp3) is 0.121. The molecule has 0 spiro atoms. The van der Waals surface area contributed by atoms with Crippen LogP contribution < -0.4 is 10.1 Å². The Hall–Kier alpha value is -5.04. The van der Waals surface area contributed by atoms with E-state index in [9.17, 15) is 9.59 Å². The van der Waals surface area contributed by atoms with Crippen LogP contribution in [0.5, 0.6) is 5.88 Å². The molecule has 0 aliphatic rings. The molecule has 4 aromatic carbocycles. The van der Waals surface area contributed by atoms with Crippen molar-refractivity contribution < 1.29 is 18.7 Å². The summed E-state index contributed by atoms with van der Waals surface area (Å²) in [7, 11) is 0. The molecule has 6 nitrogen and oxygen atoms in total. The second kappa shape index (κ2) is 11.4. The highest BCUT2D eigenvalue weighted by Gasteiger charge is 2.26. The summed E-state index contributed by atoms with van der Waals surface area (Å²) in [5.41, 5.74) is 5.92. The van der Waals surface area contributed by atoms with Gasteiger partial charge in [0.05, 0.1) is 17.7 Å². The number of nitrogens with zero attached hydrogens (tertiary/aromatic N) is 2.